The number of hydrogen-bond acceptors (Lipinski definition) is 3. The summed E-state index contributed by atoms with van der Waals surface area (Å²) < 4.78 is 0. The molecule has 1 amide bonds. The smallest absolute Gasteiger partial charge is 0.303 e. The second-order valence-corrected chi connectivity index (χ2v) is 5.23. The summed E-state index contributed by atoms with van der Waals surface area (Å²) in [6.45, 7) is 6.44. The van der Waals surface area contributed by atoms with Gasteiger partial charge in [-0.05, 0) is 24.7 Å². The van der Waals surface area contributed by atoms with Crippen LogP contribution in [0.1, 0.15) is 46.5 Å². The van der Waals surface area contributed by atoms with Crippen molar-refractivity contribution in [2.45, 2.75) is 52.5 Å². The fourth-order valence-electron chi connectivity index (χ4n) is 1.97. The first-order valence-corrected chi connectivity index (χ1v) is 6.61. The zero-order chi connectivity index (χ0) is 14.1. The van der Waals surface area contributed by atoms with Crippen LogP contribution in [0.2, 0.25) is 0 Å². The van der Waals surface area contributed by atoms with Gasteiger partial charge in [0.15, 0.2) is 0 Å². The molecule has 0 fully saturated rings. The van der Waals surface area contributed by atoms with Gasteiger partial charge in [-0.1, -0.05) is 27.2 Å². The Labute approximate surface area is 109 Å². The van der Waals surface area contributed by atoms with Crippen molar-refractivity contribution in [3.63, 3.8) is 0 Å². The number of amides is 1. The monoisotopic (exact) mass is 258 g/mol. The lowest BCUT2D eigenvalue weighted by Crippen LogP contribution is -2.42. The van der Waals surface area contributed by atoms with Crippen molar-refractivity contribution in [1.29, 1.82) is 0 Å². The second-order valence-electron chi connectivity index (χ2n) is 5.23. The number of nitrogens with one attached hydrogen (secondary N) is 1. The first-order chi connectivity index (χ1) is 8.36. The van der Waals surface area contributed by atoms with Crippen LogP contribution in [0.4, 0.5) is 0 Å². The van der Waals surface area contributed by atoms with E-state index in [1.807, 2.05) is 20.8 Å². The summed E-state index contributed by atoms with van der Waals surface area (Å²) >= 11 is 0. The van der Waals surface area contributed by atoms with Crippen LogP contribution in [-0.4, -0.2) is 29.6 Å². The molecule has 0 heterocycles. The van der Waals surface area contributed by atoms with E-state index in [4.69, 9.17) is 10.8 Å². The molecule has 18 heavy (non-hydrogen) atoms. The van der Waals surface area contributed by atoms with Crippen LogP contribution >= 0.6 is 0 Å². The van der Waals surface area contributed by atoms with Gasteiger partial charge in [0.05, 0.1) is 6.04 Å². The Hall–Kier alpha value is -1.10. The van der Waals surface area contributed by atoms with Crippen molar-refractivity contribution in [2.75, 3.05) is 6.54 Å². The maximum Gasteiger partial charge on any atom is 0.303 e. The molecule has 0 radical (unpaired) electrons. The number of carbonyl (C=O) groups excluding carboxylic acids is 1. The van der Waals surface area contributed by atoms with Crippen molar-refractivity contribution < 1.29 is 14.7 Å². The Bertz CT molecular complexity index is 267. The molecule has 0 aliphatic rings. The Morgan fingerprint density at radius 2 is 1.94 bits per heavy atom. The summed E-state index contributed by atoms with van der Waals surface area (Å²) in [5.41, 5.74) is 5.69. The normalized spacial score (nSPS) is 14.3. The first kappa shape index (κ1) is 16.9. The number of carbonyl (C=O) groups is 2. The third-order valence-electron chi connectivity index (χ3n) is 2.77. The van der Waals surface area contributed by atoms with E-state index < -0.39 is 12.0 Å². The van der Waals surface area contributed by atoms with E-state index in [0.717, 1.165) is 12.8 Å². The van der Waals surface area contributed by atoms with Crippen molar-refractivity contribution >= 4 is 11.9 Å². The predicted octanol–water partition coefficient (Wildman–Crippen LogP) is 1.37. The minimum absolute atomic E-state index is 0.0275. The van der Waals surface area contributed by atoms with Gasteiger partial charge in [-0.3, -0.25) is 9.59 Å². The Morgan fingerprint density at radius 1 is 1.33 bits per heavy atom. The minimum atomic E-state index is -0.826. The molecule has 0 aliphatic carbocycles. The Kier molecular flexibility index (Phi) is 8.37. The van der Waals surface area contributed by atoms with Crippen LogP contribution in [0.3, 0.4) is 0 Å². The van der Waals surface area contributed by atoms with Crippen molar-refractivity contribution in [1.82, 2.24) is 5.32 Å². The van der Waals surface area contributed by atoms with Crippen LogP contribution in [0, 0.1) is 11.8 Å². The van der Waals surface area contributed by atoms with Gasteiger partial charge in [0.25, 0.3) is 0 Å². The van der Waals surface area contributed by atoms with Crippen LogP contribution in [0.15, 0.2) is 0 Å². The minimum Gasteiger partial charge on any atom is -0.481 e. The van der Waals surface area contributed by atoms with Gasteiger partial charge in [0.1, 0.15) is 0 Å². The largest absolute Gasteiger partial charge is 0.481 e. The van der Waals surface area contributed by atoms with Gasteiger partial charge in [0.2, 0.25) is 5.91 Å². The number of hydrogen-bond donors (Lipinski definition) is 3. The molecule has 0 saturated heterocycles. The van der Waals surface area contributed by atoms with Gasteiger partial charge in [0, 0.05) is 13.0 Å². The van der Waals surface area contributed by atoms with Crippen molar-refractivity contribution in [2.24, 2.45) is 17.6 Å². The average molecular weight is 258 g/mol. The molecule has 4 N–H and O–H groups in total. The highest BCUT2D eigenvalue weighted by atomic mass is 16.4. The van der Waals surface area contributed by atoms with E-state index in [2.05, 4.69) is 5.32 Å². The van der Waals surface area contributed by atoms with Crippen molar-refractivity contribution in [3.8, 4) is 0 Å². The fourth-order valence-corrected chi connectivity index (χ4v) is 1.97. The molecule has 0 saturated carbocycles. The topological polar surface area (TPSA) is 92.4 Å². The van der Waals surface area contributed by atoms with Gasteiger partial charge in [-0.2, -0.15) is 0 Å². The average Bonchev–Trinajstić information content (AvgIpc) is 2.24. The van der Waals surface area contributed by atoms with Gasteiger partial charge >= 0.3 is 5.97 Å². The Morgan fingerprint density at radius 3 is 2.39 bits per heavy atom. The summed E-state index contributed by atoms with van der Waals surface area (Å²) in [6, 6.07) is -0.487. The highest BCUT2D eigenvalue weighted by Gasteiger charge is 2.18. The lowest BCUT2D eigenvalue weighted by Gasteiger charge is -2.19. The third-order valence-corrected chi connectivity index (χ3v) is 2.77. The molecular weight excluding hydrogens is 232 g/mol. The standard InChI is InChI=1S/C13H26N2O3/c1-4-5-11(14)13(18)15-8-10(6-9(2)3)7-12(16)17/h9-11H,4-8,14H2,1-3H3,(H,15,18)(H,16,17)/t10-,11?/m0/s1. The lowest BCUT2D eigenvalue weighted by atomic mass is 9.94. The van der Waals surface area contributed by atoms with Gasteiger partial charge < -0.3 is 16.2 Å². The van der Waals surface area contributed by atoms with E-state index in [-0.39, 0.29) is 18.2 Å². The van der Waals surface area contributed by atoms with Crippen LogP contribution in [0.5, 0.6) is 0 Å². The molecule has 0 aromatic heterocycles. The molecule has 1 unspecified atom stereocenters. The first-order valence-electron chi connectivity index (χ1n) is 6.61. The summed E-state index contributed by atoms with van der Waals surface area (Å²) in [6.07, 6.45) is 2.38. The SMILES string of the molecule is CCCC(N)C(=O)NC[C@H](CC(=O)O)CC(C)C. The van der Waals surface area contributed by atoms with Crippen LogP contribution < -0.4 is 11.1 Å². The molecule has 0 aliphatic heterocycles. The highest BCUT2D eigenvalue weighted by Crippen LogP contribution is 2.14. The molecule has 5 heteroatoms. The van der Waals surface area contributed by atoms with E-state index >= 15 is 0 Å². The number of nitrogens with two attached hydrogens (primary N) is 1. The molecular formula is C13H26N2O3. The Balaban J connectivity index is 4.16. The van der Waals surface area contributed by atoms with E-state index in [9.17, 15) is 9.59 Å². The fraction of sp³-hybridized carbons (Fsp3) is 0.846. The van der Waals surface area contributed by atoms with Crippen molar-refractivity contribution in [3.05, 3.63) is 0 Å². The second kappa shape index (κ2) is 8.91. The number of carboxylic acid groups (broad SMARTS) is 1. The highest BCUT2D eigenvalue weighted by molar-refractivity contribution is 5.81. The zero-order valence-electron chi connectivity index (χ0n) is 11.6. The van der Waals surface area contributed by atoms with E-state index in [0.29, 0.717) is 18.9 Å². The lowest BCUT2D eigenvalue weighted by molar-refractivity contribution is -0.138. The summed E-state index contributed by atoms with van der Waals surface area (Å²) in [4.78, 5) is 22.4. The molecule has 0 bridgehead atoms. The molecule has 0 aromatic carbocycles. The van der Waals surface area contributed by atoms with Crippen LogP contribution in [0.25, 0.3) is 0 Å². The predicted molar refractivity (Wildman–Crippen MR) is 71.1 cm³/mol. The number of carboxylic acids is 1. The third kappa shape index (κ3) is 8.06. The number of aliphatic carboxylic acids is 1. The molecule has 106 valence electrons. The van der Waals surface area contributed by atoms with E-state index in [1.54, 1.807) is 0 Å². The van der Waals surface area contributed by atoms with E-state index in [1.165, 1.54) is 0 Å². The zero-order valence-corrected chi connectivity index (χ0v) is 11.6. The quantitative estimate of drug-likeness (QED) is 0.582. The maximum absolute atomic E-state index is 11.6. The summed E-state index contributed by atoms with van der Waals surface area (Å²) in [5, 5.41) is 11.6. The molecule has 0 aromatic rings. The maximum atomic E-state index is 11.6. The molecule has 0 rings (SSSR count). The van der Waals surface area contributed by atoms with Crippen LogP contribution in [-0.2, 0) is 9.59 Å². The number of rotatable bonds is 9. The summed E-state index contributed by atoms with van der Waals surface area (Å²) in [5.74, 6) is -0.625. The molecule has 2 atom stereocenters. The molecule has 0 spiro atoms. The van der Waals surface area contributed by atoms with Gasteiger partial charge in [-0.25, -0.2) is 0 Å². The molecule has 5 nitrogen and oxygen atoms in total. The van der Waals surface area contributed by atoms with Gasteiger partial charge in [-0.15, -0.1) is 0 Å². The summed E-state index contributed by atoms with van der Waals surface area (Å²) in [7, 11) is 0.